The zero-order valence-electron chi connectivity index (χ0n) is 16.8. The molecule has 3 aliphatic rings. The van der Waals surface area contributed by atoms with Gasteiger partial charge in [-0.25, -0.2) is 4.98 Å². The van der Waals surface area contributed by atoms with Crippen LogP contribution in [0.15, 0.2) is 23.8 Å². The number of aromatic nitrogens is 1. The fourth-order valence-corrected chi connectivity index (χ4v) is 5.47. The minimum Gasteiger partial charge on any atom is -0.307 e. The second kappa shape index (κ2) is 8.90. The van der Waals surface area contributed by atoms with Crippen molar-refractivity contribution in [2.24, 2.45) is 0 Å². The Morgan fingerprint density at radius 3 is 2.62 bits per heavy atom. The molecule has 6 nitrogen and oxygen atoms in total. The molecule has 4 rings (SSSR count). The van der Waals surface area contributed by atoms with Crippen LogP contribution >= 0.6 is 23.2 Å². The first-order valence-electron chi connectivity index (χ1n) is 10.4. The van der Waals surface area contributed by atoms with Gasteiger partial charge in [0.2, 0.25) is 0 Å². The highest BCUT2D eigenvalue weighted by Gasteiger charge is 2.39. The van der Waals surface area contributed by atoms with Gasteiger partial charge >= 0.3 is 0 Å². The Hall–Kier alpha value is -1.18. The van der Waals surface area contributed by atoms with Crippen molar-refractivity contribution < 1.29 is 4.79 Å². The number of carbonyl (C=O) groups excluding carboxylic acids is 1. The first kappa shape index (κ1) is 21.1. The number of aryl methyl sites for hydroxylation is 2. The van der Waals surface area contributed by atoms with E-state index >= 15 is 0 Å². The van der Waals surface area contributed by atoms with E-state index in [1.165, 1.54) is 0 Å². The summed E-state index contributed by atoms with van der Waals surface area (Å²) in [5.41, 5.74) is 2.77. The molecular formula is C21H29Cl2N5O. The van der Waals surface area contributed by atoms with E-state index < -0.39 is 0 Å². The molecule has 8 heteroatoms. The van der Waals surface area contributed by atoms with Crippen LogP contribution in [0.3, 0.4) is 0 Å². The largest absolute Gasteiger partial charge is 0.307 e. The van der Waals surface area contributed by atoms with Gasteiger partial charge in [-0.15, -0.1) is 23.2 Å². The zero-order chi connectivity index (χ0) is 20.5. The molecule has 1 aromatic heterocycles. The fourth-order valence-electron chi connectivity index (χ4n) is 4.59. The van der Waals surface area contributed by atoms with Crippen molar-refractivity contribution in [2.45, 2.75) is 81.1 Å². The molecule has 1 amide bonds. The van der Waals surface area contributed by atoms with E-state index in [1.807, 2.05) is 32.1 Å². The molecule has 1 saturated carbocycles. The van der Waals surface area contributed by atoms with E-state index in [0.717, 1.165) is 48.9 Å². The number of hydrogen-bond donors (Lipinski definition) is 4. The fraction of sp³-hybridized carbons (Fsp3) is 0.619. The van der Waals surface area contributed by atoms with Gasteiger partial charge in [0, 0.05) is 29.4 Å². The highest BCUT2D eigenvalue weighted by Crippen LogP contribution is 2.29. The predicted molar refractivity (Wildman–Crippen MR) is 117 cm³/mol. The van der Waals surface area contributed by atoms with Crippen molar-refractivity contribution in [3.63, 3.8) is 0 Å². The third-order valence-electron chi connectivity index (χ3n) is 6.01. The summed E-state index contributed by atoms with van der Waals surface area (Å²) in [6.45, 7) is 3.93. The molecule has 1 aliphatic heterocycles. The van der Waals surface area contributed by atoms with E-state index in [2.05, 4.69) is 26.3 Å². The lowest BCUT2D eigenvalue weighted by molar-refractivity contribution is -0.113. The summed E-state index contributed by atoms with van der Waals surface area (Å²) in [6.07, 6.45) is 6.66. The molecule has 1 saturated heterocycles. The molecule has 0 bridgehead atoms. The SMILES string of the molecule is Cc1cc(C)nc(NC(=O)C2=CC3NC(NC4C(Cl)CCCC4Cl)NC3CC2)c1. The van der Waals surface area contributed by atoms with Gasteiger partial charge in [0.25, 0.3) is 5.91 Å². The minimum atomic E-state index is -0.0758. The zero-order valence-corrected chi connectivity index (χ0v) is 18.4. The average molecular weight is 438 g/mol. The van der Waals surface area contributed by atoms with Crippen molar-refractivity contribution >= 4 is 34.9 Å². The standard InChI is InChI=1S/C21H29Cl2N5O/c1-11-8-12(2)24-18(9-11)27-20(29)13-6-7-16-17(10-13)26-21(25-16)28-19-14(22)4-3-5-15(19)23/h8-10,14-17,19,21,25-26,28H,3-7H2,1-2H3,(H,24,27,29). The maximum absolute atomic E-state index is 12.7. The molecule has 2 fully saturated rings. The van der Waals surface area contributed by atoms with E-state index in [4.69, 9.17) is 23.2 Å². The minimum absolute atomic E-state index is 0.0413. The van der Waals surface area contributed by atoms with Gasteiger partial charge in [-0.1, -0.05) is 12.5 Å². The molecule has 2 heterocycles. The molecule has 29 heavy (non-hydrogen) atoms. The number of nitrogens with zero attached hydrogens (tertiary/aromatic N) is 1. The van der Waals surface area contributed by atoms with Crippen LogP contribution in [0.4, 0.5) is 5.82 Å². The van der Waals surface area contributed by atoms with Crippen LogP contribution in [0, 0.1) is 13.8 Å². The average Bonchev–Trinajstić information content (AvgIpc) is 3.05. The summed E-state index contributed by atoms with van der Waals surface area (Å²) in [6, 6.07) is 4.33. The van der Waals surface area contributed by atoms with Crippen LogP contribution in [0.2, 0.25) is 0 Å². The van der Waals surface area contributed by atoms with Crippen LogP contribution in [-0.4, -0.2) is 46.1 Å². The first-order chi connectivity index (χ1) is 13.9. The number of rotatable bonds is 4. The van der Waals surface area contributed by atoms with Crippen molar-refractivity contribution in [1.82, 2.24) is 20.9 Å². The van der Waals surface area contributed by atoms with E-state index in [1.54, 1.807) is 0 Å². The Kier molecular flexibility index (Phi) is 6.47. The van der Waals surface area contributed by atoms with Gasteiger partial charge in [-0.05, 0) is 57.2 Å². The van der Waals surface area contributed by atoms with Crippen LogP contribution in [0.1, 0.15) is 43.4 Å². The monoisotopic (exact) mass is 437 g/mol. The second-order valence-corrected chi connectivity index (χ2v) is 9.53. The van der Waals surface area contributed by atoms with Gasteiger partial charge < -0.3 is 5.32 Å². The van der Waals surface area contributed by atoms with E-state index in [9.17, 15) is 4.79 Å². The third-order valence-corrected chi connectivity index (χ3v) is 6.99. The van der Waals surface area contributed by atoms with Crippen LogP contribution in [0.5, 0.6) is 0 Å². The summed E-state index contributed by atoms with van der Waals surface area (Å²) in [4.78, 5) is 17.1. The van der Waals surface area contributed by atoms with Gasteiger partial charge in [-0.3, -0.25) is 20.7 Å². The van der Waals surface area contributed by atoms with Crippen LogP contribution < -0.4 is 21.3 Å². The number of carbonyl (C=O) groups is 1. The van der Waals surface area contributed by atoms with Gasteiger partial charge in [0.05, 0.1) is 10.8 Å². The Balaban J connectivity index is 1.38. The molecule has 4 N–H and O–H groups in total. The Morgan fingerprint density at radius 2 is 1.90 bits per heavy atom. The van der Waals surface area contributed by atoms with Crippen molar-refractivity contribution in [3.8, 4) is 0 Å². The van der Waals surface area contributed by atoms with Gasteiger partial charge in [0.15, 0.2) is 0 Å². The lowest BCUT2D eigenvalue weighted by atomic mass is 9.92. The van der Waals surface area contributed by atoms with E-state index in [0.29, 0.717) is 5.82 Å². The number of amides is 1. The quantitative estimate of drug-likeness (QED) is 0.544. The molecule has 1 aromatic rings. The number of hydrogen-bond acceptors (Lipinski definition) is 5. The number of halogens is 2. The van der Waals surface area contributed by atoms with Crippen LogP contribution in [0.25, 0.3) is 0 Å². The number of alkyl halides is 2. The number of nitrogens with one attached hydrogen (secondary N) is 4. The van der Waals surface area contributed by atoms with Crippen molar-refractivity contribution in [3.05, 3.63) is 35.0 Å². The molecule has 0 radical (unpaired) electrons. The predicted octanol–water partition coefficient (Wildman–Crippen LogP) is 2.93. The topological polar surface area (TPSA) is 78.1 Å². The van der Waals surface area contributed by atoms with Gasteiger partial charge in [0.1, 0.15) is 12.1 Å². The van der Waals surface area contributed by atoms with Crippen molar-refractivity contribution in [1.29, 1.82) is 0 Å². The normalized spacial score (nSPS) is 34.4. The lowest BCUT2D eigenvalue weighted by Crippen LogP contribution is -2.57. The first-order valence-corrected chi connectivity index (χ1v) is 11.3. The summed E-state index contributed by atoms with van der Waals surface area (Å²) >= 11 is 13.0. The second-order valence-electron chi connectivity index (χ2n) is 8.41. The van der Waals surface area contributed by atoms with E-state index in [-0.39, 0.29) is 41.1 Å². The third kappa shape index (κ3) is 4.94. The Bertz CT molecular complexity index is 771. The number of pyridine rings is 1. The summed E-state index contributed by atoms with van der Waals surface area (Å²) in [5.74, 6) is 0.527. The molecule has 5 atom stereocenters. The Labute approximate surface area is 182 Å². The highest BCUT2D eigenvalue weighted by atomic mass is 35.5. The molecule has 158 valence electrons. The molecule has 2 aliphatic carbocycles. The van der Waals surface area contributed by atoms with Crippen LogP contribution in [-0.2, 0) is 4.79 Å². The molecule has 0 aromatic carbocycles. The van der Waals surface area contributed by atoms with Crippen molar-refractivity contribution in [2.75, 3.05) is 5.32 Å². The smallest absolute Gasteiger partial charge is 0.252 e. The number of fused-ring (bicyclic) bond motifs is 1. The number of anilines is 1. The van der Waals surface area contributed by atoms with Gasteiger partial charge in [-0.2, -0.15) is 0 Å². The maximum Gasteiger partial charge on any atom is 0.252 e. The maximum atomic E-state index is 12.7. The summed E-state index contributed by atoms with van der Waals surface area (Å²) in [7, 11) is 0. The summed E-state index contributed by atoms with van der Waals surface area (Å²) in [5, 5.41) is 13.7. The summed E-state index contributed by atoms with van der Waals surface area (Å²) < 4.78 is 0. The molecule has 0 spiro atoms. The Morgan fingerprint density at radius 1 is 1.14 bits per heavy atom. The highest BCUT2D eigenvalue weighted by molar-refractivity contribution is 6.24. The lowest BCUT2D eigenvalue weighted by Gasteiger charge is -2.34. The molecular weight excluding hydrogens is 409 g/mol. The molecule has 5 unspecified atom stereocenters.